The van der Waals surface area contributed by atoms with Gasteiger partial charge in [-0.3, -0.25) is 13.7 Å². The van der Waals surface area contributed by atoms with Crippen LogP contribution in [-0.2, 0) is 37.4 Å². The molecule has 1 aromatic heterocycles. The predicted molar refractivity (Wildman–Crippen MR) is 148 cm³/mol. The zero-order chi connectivity index (χ0) is 33.5. The summed E-state index contributed by atoms with van der Waals surface area (Å²) in [5.41, 5.74) is 4.50. The van der Waals surface area contributed by atoms with Crippen LogP contribution in [0.5, 0.6) is 0 Å². The lowest BCUT2D eigenvalue weighted by Gasteiger charge is -2.49. The van der Waals surface area contributed by atoms with Crippen LogP contribution >= 0.6 is 19.6 Å². The van der Waals surface area contributed by atoms with Gasteiger partial charge in [0, 0.05) is 37.2 Å². The number of ether oxygens (including phenoxy) is 4. The van der Waals surface area contributed by atoms with E-state index in [-0.39, 0.29) is 11.6 Å². The fourth-order valence-electron chi connectivity index (χ4n) is 4.64. The van der Waals surface area contributed by atoms with Gasteiger partial charge in [0.2, 0.25) is 5.79 Å². The van der Waals surface area contributed by atoms with Gasteiger partial charge in [0.05, 0.1) is 44.7 Å². The molecule has 3 rings (SSSR count). The normalized spacial score (nSPS) is 33.0. The minimum Gasteiger partial charge on any atom is -0.756 e. The molecule has 2 aliphatic heterocycles. The quantitative estimate of drug-likeness (QED) is 0.0662. The summed E-state index contributed by atoms with van der Waals surface area (Å²) in [5, 5.41) is 64.8. The zero-order valence-corrected chi connectivity index (χ0v) is 26.1. The molecule has 3 heterocycles. The molecule has 11 atom stereocenters. The second kappa shape index (κ2) is 16.4. The molecular formula is C24H38N3O16PS-2. The monoisotopic (exact) mass is 687 g/mol. The van der Waals surface area contributed by atoms with Gasteiger partial charge in [0.15, 0.2) is 6.23 Å². The van der Waals surface area contributed by atoms with Crippen molar-refractivity contribution in [2.45, 2.75) is 68.1 Å². The highest BCUT2D eigenvalue weighted by Gasteiger charge is 2.52. The Morgan fingerprint density at radius 1 is 1.29 bits per heavy atom. The van der Waals surface area contributed by atoms with Crippen LogP contribution in [0.1, 0.15) is 19.6 Å². The number of carbonyl (C=O) groups excluding carboxylic acids is 1. The van der Waals surface area contributed by atoms with E-state index in [1.54, 1.807) is 0 Å². The number of thioether (sulfide) groups is 1. The van der Waals surface area contributed by atoms with Gasteiger partial charge in [0.1, 0.15) is 36.2 Å². The van der Waals surface area contributed by atoms with Gasteiger partial charge in [-0.15, -0.1) is 0 Å². The van der Waals surface area contributed by atoms with Crippen molar-refractivity contribution < 1.29 is 72.9 Å². The smallest absolute Gasteiger partial charge is 0.351 e. The molecule has 45 heavy (non-hydrogen) atoms. The second-order valence-electron chi connectivity index (χ2n) is 10.4. The number of hydrogen-bond donors (Lipinski definition) is 6. The number of methoxy groups -OCH3 is 1. The first kappa shape index (κ1) is 37.7. The van der Waals surface area contributed by atoms with E-state index in [1.807, 2.05) is 0 Å². The van der Waals surface area contributed by atoms with Gasteiger partial charge >= 0.3 is 5.69 Å². The van der Waals surface area contributed by atoms with Crippen molar-refractivity contribution in [1.82, 2.24) is 9.55 Å². The molecule has 2 fully saturated rings. The second-order valence-corrected chi connectivity index (χ2v) is 12.9. The Bertz CT molecular complexity index is 1230. The highest BCUT2D eigenvalue weighted by Crippen LogP contribution is 2.49. The van der Waals surface area contributed by atoms with Crippen LogP contribution in [0, 0.1) is 5.92 Å². The molecule has 0 saturated carbocycles. The molecule has 0 radical (unpaired) electrons. The number of aliphatic hydroxyl groups is 5. The number of aromatic nitrogens is 2. The van der Waals surface area contributed by atoms with Gasteiger partial charge < -0.3 is 69.5 Å². The average molecular weight is 688 g/mol. The SMILES string of the molecule is COCCOCCSC[C@@H](O)[C@@H](O)C1O[C@](OP(=O)([O-])OCC2OC(n3ccc(N)nc3=O)[C@H](O)[C@@H]2O)(C(=O)[O-])C[C@H](O)[C@H]1C. The summed E-state index contributed by atoms with van der Waals surface area (Å²) in [6.45, 7) is 1.46. The van der Waals surface area contributed by atoms with Crippen LogP contribution in [-0.4, -0.2) is 135 Å². The minimum atomic E-state index is -5.70. The summed E-state index contributed by atoms with van der Waals surface area (Å²) in [6, 6.07) is 1.22. The average Bonchev–Trinajstić information content (AvgIpc) is 3.25. The number of carboxylic acid groups (broad SMARTS) is 1. The first-order chi connectivity index (χ1) is 21.1. The van der Waals surface area contributed by atoms with Crippen LogP contribution < -0.4 is 21.4 Å². The molecule has 2 aliphatic rings. The van der Waals surface area contributed by atoms with Crippen LogP contribution in [0.3, 0.4) is 0 Å². The Morgan fingerprint density at radius 3 is 2.64 bits per heavy atom. The summed E-state index contributed by atoms with van der Waals surface area (Å²) in [6.07, 6.45) is -13.0. The third kappa shape index (κ3) is 9.64. The molecule has 258 valence electrons. The maximum Gasteiger partial charge on any atom is 0.351 e. The first-order valence-electron chi connectivity index (χ1n) is 13.7. The highest BCUT2D eigenvalue weighted by molar-refractivity contribution is 7.99. The van der Waals surface area contributed by atoms with Crippen LogP contribution in [0.2, 0.25) is 0 Å². The van der Waals surface area contributed by atoms with Crippen molar-refractivity contribution in [3.05, 3.63) is 22.7 Å². The molecule has 7 N–H and O–H groups in total. The summed E-state index contributed by atoms with van der Waals surface area (Å²) in [4.78, 5) is 40.5. The van der Waals surface area contributed by atoms with Crippen molar-refractivity contribution in [3.63, 3.8) is 0 Å². The third-order valence-corrected chi connectivity index (χ3v) is 9.20. The molecule has 0 bridgehead atoms. The van der Waals surface area contributed by atoms with Gasteiger partial charge in [-0.1, -0.05) is 6.92 Å². The molecular weight excluding hydrogens is 649 g/mol. The van der Waals surface area contributed by atoms with E-state index in [4.69, 9.17) is 33.7 Å². The molecule has 0 spiro atoms. The molecule has 1 aromatic rings. The number of aliphatic carboxylic acids is 1. The lowest BCUT2D eigenvalue weighted by molar-refractivity contribution is -0.379. The fourth-order valence-corrected chi connectivity index (χ4v) is 6.41. The number of phosphoric acid groups is 1. The van der Waals surface area contributed by atoms with E-state index in [0.29, 0.717) is 25.6 Å². The summed E-state index contributed by atoms with van der Waals surface area (Å²) in [5.74, 6) is -6.14. The number of phosphoric ester groups is 1. The molecule has 19 nitrogen and oxygen atoms in total. The largest absolute Gasteiger partial charge is 0.756 e. The Balaban J connectivity index is 1.64. The summed E-state index contributed by atoms with van der Waals surface area (Å²) >= 11 is 1.20. The van der Waals surface area contributed by atoms with E-state index >= 15 is 0 Å². The van der Waals surface area contributed by atoms with E-state index in [2.05, 4.69) is 4.98 Å². The molecule has 2 saturated heterocycles. The standard InChI is InChI=1S/C24H40N3O16PS/c1-12-13(28)9-24(22(33)34,42-20(12)17(30)14(29)11-45-8-7-39-6-5-38-2)43-44(36,37)40-10-15-18(31)19(32)21(41-15)27-4-3-16(25)26-23(27)35/h3-4,12-15,17-21,28-32H,5-11H2,1-2H3,(H,33,34)(H,36,37)(H2,25,26,35)/p-2/t12-,13+,14-,15?,17-,18-,19-,20?,21?,24-/m1/s1. The highest BCUT2D eigenvalue weighted by atomic mass is 32.2. The van der Waals surface area contributed by atoms with Gasteiger partial charge in [-0.05, 0) is 6.07 Å². The number of hydrogen-bond acceptors (Lipinski definition) is 19. The first-order valence-corrected chi connectivity index (χ1v) is 16.3. The number of nitrogen functional groups attached to an aromatic ring is 1. The topological polar surface area (TPSA) is 298 Å². The Morgan fingerprint density at radius 2 is 2.00 bits per heavy atom. The van der Waals surface area contributed by atoms with Crippen molar-refractivity contribution in [1.29, 1.82) is 0 Å². The van der Waals surface area contributed by atoms with E-state index < -0.39 is 93.2 Å². The number of carboxylic acids is 1. The van der Waals surface area contributed by atoms with Crippen molar-refractivity contribution in [3.8, 4) is 0 Å². The zero-order valence-electron chi connectivity index (χ0n) is 24.4. The predicted octanol–water partition coefficient (Wildman–Crippen LogP) is -4.70. The Labute approximate surface area is 261 Å². The maximum atomic E-state index is 12.8. The number of aliphatic hydroxyl groups excluding tert-OH is 5. The number of rotatable bonds is 17. The third-order valence-electron chi connectivity index (χ3n) is 7.18. The van der Waals surface area contributed by atoms with Gasteiger partial charge in [-0.25, -0.2) is 4.79 Å². The van der Waals surface area contributed by atoms with Crippen molar-refractivity contribution in [2.24, 2.45) is 5.92 Å². The van der Waals surface area contributed by atoms with Crippen LogP contribution in [0.25, 0.3) is 0 Å². The molecule has 21 heteroatoms. The molecule has 0 amide bonds. The lowest BCUT2D eigenvalue weighted by atomic mass is 9.85. The maximum absolute atomic E-state index is 12.8. The van der Waals surface area contributed by atoms with Crippen LogP contribution in [0.15, 0.2) is 17.1 Å². The van der Waals surface area contributed by atoms with Crippen molar-refractivity contribution in [2.75, 3.05) is 50.8 Å². The van der Waals surface area contributed by atoms with E-state index in [0.717, 1.165) is 10.8 Å². The van der Waals surface area contributed by atoms with Crippen molar-refractivity contribution >= 4 is 31.4 Å². The van der Waals surface area contributed by atoms with Gasteiger partial charge in [0.25, 0.3) is 7.82 Å². The molecule has 4 unspecified atom stereocenters. The summed E-state index contributed by atoms with van der Waals surface area (Å²) in [7, 11) is -4.17. The van der Waals surface area contributed by atoms with Crippen LogP contribution in [0.4, 0.5) is 5.82 Å². The number of carbonyl (C=O) groups is 1. The van der Waals surface area contributed by atoms with Gasteiger partial charge in [-0.2, -0.15) is 16.7 Å². The summed E-state index contributed by atoms with van der Waals surface area (Å²) < 4.78 is 44.0. The molecule has 0 aliphatic carbocycles. The number of nitrogens with zero attached hydrogens (tertiary/aromatic N) is 2. The Hall–Kier alpha value is -1.75. The molecule has 0 aromatic carbocycles. The van der Waals surface area contributed by atoms with E-state index in [9.17, 15) is 49.7 Å². The minimum absolute atomic E-state index is 0.0467. The van der Waals surface area contributed by atoms with E-state index in [1.165, 1.54) is 31.9 Å². The fraction of sp³-hybridized carbons (Fsp3) is 0.792. The number of nitrogens with two attached hydrogens (primary N) is 1. The lowest BCUT2D eigenvalue weighted by Crippen LogP contribution is -2.64. The Kier molecular flexibility index (Phi) is 13.7. The number of anilines is 1.